The maximum absolute atomic E-state index is 13.6. The fourth-order valence-electron chi connectivity index (χ4n) is 4.58. The van der Waals surface area contributed by atoms with Crippen molar-refractivity contribution in [2.45, 2.75) is 25.3 Å². The first-order valence-electron chi connectivity index (χ1n) is 11.4. The Morgan fingerprint density at radius 3 is 2.03 bits per heavy atom. The van der Waals surface area contributed by atoms with Gasteiger partial charge in [-0.15, -0.1) is 0 Å². The Labute approximate surface area is 195 Å². The smallest absolute Gasteiger partial charge is 0.306 e. The van der Waals surface area contributed by atoms with Crippen molar-refractivity contribution in [1.29, 1.82) is 0 Å². The van der Waals surface area contributed by atoms with Gasteiger partial charge in [0.2, 0.25) is 5.91 Å². The minimum atomic E-state index is -0.699. The largest absolute Gasteiger partial charge is 0.481 e. The van der Waals surface area contributed by atoms with Gasteiger partial charge in [0.1, 0.15) is 0 Å². The molecule has 0 aromatic heterocycles. The average Bonchev–Trinajstić information content (AvgIpc) is 2.85. The van der Waals surface area contributed by atoms with Crippen LogP contribution in [-0.4, -0.2) is 42.0 Å². The molecule has 0 atom stereocenters. The van der Waals surface area contributed by atoms with Crippen molar-refractivity contribution < 1.29 is 14.7 Å². The summed E-state index contributed by atoms with van der Waals surface area (Å²) in [5.41, 5.74) is 4.11. The average molecular weight is 443 g/mol. The van der Waals surface area contributed by atoms with Gasteiger partial charge >= 0.3 is 5.97 Å². The molecule has 1 amide bonds. The summed E-state index contributed by atoms with van der Waals surface area (Å²) < 4.78 is 0. The number of hydrogen-bond acceptors (Lipinski definition) is 3. The van der Waals surface area contributed by atoms with E-state index >= 15 is 0 Å². The molecule has 5 heteroatoms. The molecular weight excluding hydrogens is 412 g/mol. The van der Waals surface area contributed by atoms with Crippen LogP contribution in [0.25, 0.3) is 0 Å². The molecule has 0 aliphatic carbocycles. The first-order chi connectivity index (χ1) is 16.0. The normalized spacial score (nSPS) is 14.3. The maximum atomic E-state index is 13.6. The van der Waals surface area contributed by atoms with Crippen LogP contribution in [-0.2, 0) is 16.1 Å². The van der Waals surface area contributed by atoms with Crippen LogP contribution in [0.5, 0.6) is 0 Å². The molecule has 5 nitrogen and oxygen atoms in total. The quantitative estimate of drug-likeness (QED) is 0.572. The number of hydrogen-bond donors (Lipinski definition) is 1. The third-order valence-corrected chi connectivity index (χ3v) is 6.43. The minimum absolute atomic E-state index is 0.0556. The van der Waals surface area contributed by atoms with E-state index in [1.54, 1.807) is 4.90 Å². The van der Waals surface area contributed by atoms with E-state index < -0.39 is 5.97 Å². The van der Waals surface area contributed by atoms with E-state index in [1.165, 1.54) is 0 Å². The summed E-state index contributed by atoms with van der Waals surface area (Å²) in [5, 5.41) is 9.24. The SMILES string of the molecule is CN(Cc1cccc(N2CCC(C(=O)O)CC2)c1)C(=O)C(c1ccccc1)c1ccccc1. The van der Waals surface area contributed by atoms with Gasteiger partial charge in [0.05, 0.1) is 11.8 Å². The lowest BCUT2D eigenvalue weighted by molar-refractivity contribution is -0.142. The Kier molecular flexibility index (Phi) is 7.08. The topological polar surface area (TPSA) is 60.9 Å². The van der Waals surface area contributed by atoms with Crippen molar-refractivity contribution in [2.75, 3.05) is 25.0 Å². The van der Waals surface area contributed by atoms with Gasteiger partial charge in [0.25, 0.3) is 0 Å². The zero-order valence-corrected chi connectivity index (χ0v) is 18.9. The Bertz CT molecular complexity index is 1040. The lowest BCUT2D eigenvalue weighted by Crippen LogP contribution is -2.36. The highest BCUT2D eigenvalue weighted by atomic mass is 16.4. The van der Waals surface area contributed by atoms with E-state index in [0.29, 0.717) is 19.4 Å². The summed E-state index contributed by atoms with van der Waals surface area (Å²) >= 11 is 0. The number of anilines is 1. The van der Waals surface area contributed by atoms with Crippen molar-refractivity contribution >= 4 is 17.6 Å². The molecule has 33 heavy (non-hydrogen) atoms. The second-order valence-electron chi connectivity index (χ2n) is 8.72. The molecule has 0 unspecified atom stereocenters. The molecule has 3 aromatic carbocycles. The lowest BCUT2D eigenvalue weighted by atomic mass is 9.90. The molecule has 4 rings (SSSR count). The van der Waals surface area contributed by atoms with Gasteiger partial charge in [-0.05, 0) is 41.7 Å². The van der Waals surface area contributed by atoms with E-state index in [0.717, 1.165) is 35.5 Å². The Hall–Kier alpha value is -3.60. The standard InChI is InChI=1S/C28H30N2O3/c1-29(27(31)26(22-10-4-2-5-11-22)23-12-6-3-7-13-23)20-21-9-8-14-25(19-21)30-17-15-24(16-18-30)28(32)33/h2-14,19,24,26H,15-18,20H2,1H3,(H,32,33). The van der Waals surface area contributed by atoms with Crippen molar-refractivity contribution in [2.24, 2.45) is 5.92 Å². The van der Waals surface area contributed by atoms with Gasteiger partial charge in [0, 0.05) is 32.4 Å². The van der Waals surface area contributed by atoms with Gasteiger partial charge in [-0.2, -0.15) is 0 Å². The molecule has 170 valence electrons. The molecule has 0 radical (unpaired) electrons. The van der Waals surface area contributed by atoms with Gasteiger partial charge in [-0.25, -0.2) is 0 Å². The number of carbonyl (C=O) groups excluding carboxylic acids is 1. The van der Waals surface area contributed by atoms with Crippen LogP contribution in [0.3, 0.4) is 0 Å². The second kappa shape index (κ2) is 10.3. The Morgan fingerprint density at radius 1 is 0.909 bits per heavy atom. The first kappa shape index (κ1) is 22.6. The zero-order valence-electron chi connectivity index (χ0n) is 18.9. The number of likely N-dealkylation sites (N-methyl/N-ethyl adjacent to an activating group) is 1. The zero-order chi connectivity index (χ0) is 23.2. The van der Waals surface area contributed by atoms with Gasteiger partial charge in [0.15, 0.2) is 0 Å². The number of carboxylic acids is 1. The number of carbonyl (C=O) groups is 2. The van der Waals surface area contributed by atoms with Gasteiger partial charge in [-0.1, -0.05) is 72.8 Å². The second-order valence-corrected chi connectivity index (χ2v) is 8.72. The molecule has 1 aliphatic heterocycles. The first-order valence-corrected chi connectivity index (χ1v) is 11.4. The number of piperidine rings is 1. The molecule has 1 N–H and O–H groups in total. The summed E-state index contributed by atoms with van der Waals surface area (Å²) in [6, 6.07) is 28.0. The van der Waals surface area contributed by atoms with Crippen LogP contribution < -0.4 is 4.90 Å². The molecule has 1 fully saturated rings. The number of rotatable bonds is 7. The van der Waals surface area contributed by atoms with E-state index in [9.17, 15) is 14.7 Å². The highest BCUT2D eigenvalue weighted by Crippen LogP contribution is 2.28. The van der Waals surface area contributed by atoms with Crippen molar-refractivity contribution in [3.63, 3.8) is 0 Å². The number of amides is 1. The van der Waals surface area contributed by atoms with E-state index in [2.05, 4.69) is 17.0 Å². The number of carboxylic acid groups (broad SMARTS) is 1. The van der Waals surface area contributed by atoms with Crippen LogP contribution >= 0.6 is 0 Å². The van der Waals surface area contributed by atoms with Crippen molar-refractivity contribution in [3.8, 4) is 0 Å². The van der Waals surface area contributed by atoms with Crippen LogP contribution in [0.1, 0.15) is 35.4 Å². The molecule has 1 saturated heterocycles. The van der Waals surface area contributed by atoms with Crippen LogP contribution in [0.2, 0.25) is 0 Å². The number of benzene rings is 3. The van der Waals surface area contributed by atoms with Gasteiger partial charge in [-0.3, -0.25) is 9.59 Å². The number of nitrogens with zero attached hydrogens (tertiary/aromatic N) is 2. The monoisotopic (exact) mass is 442 g/mol. The summed E-state index contributed by atoms with van der Waals surface area (Å²) in [6.07, 6.45) is 1.32. The summed E-state index contributed by atoms with van der Waals surface area (Å²) in [5.74, 6) is -1.24. The van der Waals surface area contributed by atoms with E-state index in [1.807, 2.05) is 79.8 Å². The Balaban J connectivity index is 1.49. The lowest BCUT2D eigenvalue weighted by Gasteiger charge is -2.32. The Morgan fingerprint density at radius 2 is 1.48 bits per heavy atom. The number of aliphatic carboxylic acids is 1. The maximum Gasteiger partial charge on any atom is 0.306 e. The predicted molar refractivity (Wildman–Crippen MR) is 130 cm³/mol. The highest BCUT2D eigenvalue weighted by molar-refractivity contribution is 5.87. The van der Waals surface area contributed by atoms with Crippen LogP contribution in [0.15, 0.2) is 84.9 Å². The minimum Gasteiger partial charge on any atom is -0.481 e. The molecule has 3 aromatic rings. The van der Waals surface area contributed by atoms with Gasteiger partial charge < -0.3 is 14.9 Å². The van der Waals surface area contributed by atoms with Crippen LogP contribution in [0.4, 0.5) is 5.69 Å². The highest BCUT2D eigenvalue weighted by Gasteiger charge is 2.27. The fourth-order valence-corrected chi connectivity index (χ4v) is 4.58. The third-order valence-electron chi connectivity index (χ3n) is 6.43. The molecule has 0 bridgehead atoms. The summed E-state index contributed by atoms with van der Waals surface area (Å²) in [4.78, 5) is 28.9. The van der Waals surface area contributed by atoms with E-state index in [-0.39, 0.29) is 17.7 Å². The van der Waals surface area contributed by atoms with Crippen molar-refractivity contribution in [1.82, 2.24) is 4.90 Å². The predicted octanol–water partition coefficient (Wildman–Crippen LogP) is 4.78. The van der Waals surface area contributed by atoms with Crippen LogP contribution in [0, 0.1) is 5.92 Å². The fraction of sp³-hybridized carbons (Fsp3) is 0.286. The third kappa shape index (κ3) is 5.43. The molecule has 0 saturated carbocycles. The molecular formula is C28H30N2O3. The molecule has 1 aliphatic rings. The summed E-state index contributed by atoms with van der Waals surface area (Å²) in [6.45, 7) is 1.98. The summed E-state index contributed by atoms with van der Waals surface area (Å²) in [7, 11) is 1.85. The molecule has 1 heterocycles. The van der Waals surface area contributed by atoms with E-state index in [4.69, 9.17) is 0 Å². The van der Waals surface area contributed by atoms with Crippen molar-refractivity contribution in [3.05, 3.63) is 102 Å². The molecule has 0 spiro atoms.